The molecule has 1 rings (SSSR count). The molecule has 1 aromatic carbocycles. The predicted octanol–water partition coefficient (Wildman–Crippen LogP) is 2.75. The van der Waals surface area contributed by atoms with E-state index >= 15 is 0 Å². The van der Waals surface area contributed by atoms with Gasteiger partial charge in [0.2, 0.25) is 5.91 Å². The van der Waals surface area contributed by atoms with Crippen molar-refractivity contribution in [1.29, 1.82) is 0 Å². The van der Waals surface area contributed by atoms with Crippen LogP contribution in [0, 0.1) is 5.92 Å². The molecule has 19 heavy (non-hydrogen) atoms. The summed E-state index contributed by atoms with van der Waals surface area (Å²) in [6.45, 7) is 3.63. The van der Waals surface area contributed by atoms with E-state index in [0.717, 1.165) is 18.4 Å². The fourth-order valence-electron chi connectivity index (χ4n) is 1.88. The molecule has 0 saturated carbocycles. The first-order valence-corrected chi connectivity index (χ1v) is 6.63. The molecule has 2 atom stereocenters. The smallest absolute Gasteiger partial charge is 0.308 e. The quantitative estimate of drug-likeness (QED) is 0.795. The van der Waals surface area contributed by atoms with Crippen LogP contribution in [0.2, 0.25) is 0 Å². The molecule has 1 amide bonds. The monoisotopic (exact) mass is 263 g/mol. The predicted molar refractivity (Wildman–Crippen MR) is 73.7 cm³/mol. The molecule has 0 heterocycles. The summed E-state index contributed by atoms with van der Waals surface area (Å²) in [4.78, 5) is 23.0. The fourth-order valence-corrected chi connectivity index (χ4v) is 1.88. The van der Waals surface area contributed by atoms with E-state index < -0.39 is 17.9 Å². The largest absolute Gasteiger partial charge is 0.481 e. The number of carbonyl (C=O) groups excluding carboxylic acids is 1. The van der Waals surface area contributed by atoms with E-state index in [9.17, 15) is 9.59 Å². The zero-order chi connectivity index (χ0) is 14.3. The number of rotatable bonds is 7. The summed E-state index contributed by atoms with van der Waals surface area (Å²) in [5.41, 5.74) is 0.822. The van der Waals surface area contributed by atoms with Crippen molar-refractivity contribution < 1.29 is 14.7 Å². The lowest BCUT2D eigenvalue weighted by Gasteiger charge is -2.23. The maximum absolute atomic E-state index is 11.8. The minimum atomic E-state index is -0.912. The number of carbonyl (C=O) groups is 2. The molecule has 104 valence electrons. The normalized spacial score (nSPS) is 13.6. The first-order valence-electron chi connectivity index (χ1n) is 6.63. The molecular weight excluding hydrogens is 242 g/mol. The highest BCUT2D eigenvalue weighted by molar-refractivity contribution is 5.78. The third-order valence-corrected chi connectivity index (χ3v) is 3.12. The molecule has 0 aliphatic heterocycles. The molecular formula is C15H21NO3. The fraction of sp³-hybridized carbons (Fsp3) is 0.467. The second-order valence-electron chi connectivity index (χ2n) is 4.69. The molecule has 0 aromatic heterocycles. The molecule has 0 aliphatic carbocycles. The van der Waals surface area contributed by atoms with Gasteiger partial charge in [0, 0.05) is 6.42 Å². The van der Waals surface area contributed by atoms with Crippen LogP contribution in [0.3, 0.4) is 0 Å². The maximum Gasteiger partial charge on any atom is 0.308 e. The lowest BCUT2D eigenvalue weighted by Crippen LogP contribution is -2.35. The number of benzene rings is 1. The van der Waals surface area contributed by atoms with Gasteiger partial charge < -0.3 is 10.4 Å². The third-order valence-electron chi connectivity index (χ3n) is 3.12. The number of hydrogen-bond donors (Lipinski definition) is 2. The number of carboxylic acid groups (broad SMARTS) is 1. The van der Waals surface area contributed by atoms with Crippen LogP contribution < -0.4 is 5.32 Å². The Hall–Kier alpha value is -1.84. The van der Waals surface area contributed by atoms with Gasteiger partial charge in [0.1, 0.15) is 0 Å². The van der Waals surface area contributed by atoms with Crippen molar-refractivity contribution in [1.82, 2.24) is 5.32 Å². The molecule has 0 spiro atoms. The number of hydrogen-bond acceptors (Lipinski definition) is 2. The van der Waals surface area contributed by atoms with Crippen molar-refractivity contribution in [2.24, 2.45) is 5.92 Å². The molecule has 4 nitrogen and oxygen atoms in total. The van der Waals surface area contributed by atoms with Crippen LogP contribution in [0.5, 0.6) is 0 Å². The van der Waals surface area contributed by atoms with Crippen molar-refractivity contribution in [3.05, 3.63) is 35.9 Å². The average molecular weight is 263 g/mol. The van der Waals surface area contributed by atoms with E-state index in [1.165, 1.54) is 0 Å². The van der Waals surface area contributed by atoms with Gasteiger partial charge in [0.15, 0.2) is 0 Å². The number of amides is 1. The van der Waals surface area contributed by atoms with Crippen molar-refractivity contribution in [3.8, 4) is 0 Å². The van der Waals surface area contributed by atoms with Crippen LogP contribution in [0.15, 0.2) is 30.3 Å². The summed E-state index contributed by atoms with van der Waals surface area (Å²) in [7, 11) is 0. The zero-order valence-corrected chi connectivity index (χ0v) is 11.4. The van der Waals surface area contributed by atoms with E-state index in [1.54, 1.807) is 6.92 Å². The lowest BCUT2D eigenvalue weighted by molar-refractivity contribution is -0.142. The molecule has 0 aliphatic rings. The van der Waals surface area contributed by atoms with Crippen LogP contribution >= 0.6 is 0 Å². The van der Waals surface area contributed by atoms with Gasteiger partial charge in [-0.25, -0.2) is 0 Å². The summed E-state index contributed by atoms with van der Waals surface area (Å²) >= 11 is 0. The molecule has 0 bridgehead atoms. The van der Waals surface area contributed by atoms with Crippen molar-refractivity contribution >= 4 is 11.9 Å². The Morgan fingerprint density at radius 3 is 2.42 bits per heavy atom. The number of aliphatic carboxylic acids is 1. The van der Waals surface area contributed by atoms with Gasteiger partial charge in [-0.2, -0.15) is 0 Å². The summed E-state index contributed by atoms with van der Waals surface area (Å²) in [6, 6.07) is 8.74. The SMILES string of the molecule is CCCCC(=O)NC(c1ccccc1)C(C)C(=O)O. The first kappa shape index (κ1) is 15.2. The van der Waals surface area contributed by atoms with Gasteiger partial charge in [-0.1, -0.05) is 43.7 Å². The highest BCUT2D eigenvalue weighted by Gasteiger charge is 2.26. The molecule has 4 heteroatoms. The highest BCUT2D eigenvalue weighted by Crippen LogP contribution is 2.22. The van der Waals surface area contributed by atoms with Crippen molar-refractivity contribution in [2.45, 2.75) is 39.2 Å². The van der Waals surface area contributed by atoms with E-state index in [-0.39, 0.29) is 5.91 Å². The van der Waals surface area contributed by atoms with Crippen LogP contribution in [-0.2, 0) is 9.59 Å². The van der Waals surface area contributed by atoms with Gasteiger partial charge >= 0.3 is 5.97 Å². The number of unbranched alkanes of at least 4 members (excludes halogenated alkanes) is 1. The molecule has 1 aromatic rings. The van der Waals surface area contributed by atoms with E-state index in [0.29, 0.717) is 6.42 Å². The van der Waals surface area contributed by atoms with Crippen molar-refractivity contribution in [2.75, 3.05) is 0 Å². The Morgan fingerprint density at radius 2 is 1.89 bits per heavy atom. The summed E-state index contributed by atoms with van der Waals surface area (Å²) in [5, 5.41) is 12.0. The highest BCUT2D eigenvalue weighted by atomic mass is 16.4. The van der Waals surface area contributed by atoms with Crippen LogP contribution in [-0.4, -0.2) is 17.0 Å². The molecule has 2 N–H and O–H groups in total. The molecule has 0 fully saturated rings. The number of carboxylic acids is 1. The van der Waals surface area contributed by atoms with E-state index in [2.05, 4.69) is 5.32 Å². The van der Waals surface area contributed by atoms with Crippen LogP contribution in [0.25, 0.3) is 0 Å². The average Bonchev–Trinajstić information content (AvgIpc) is 2.42. The maximum atomic E-state index is 11.8. The Kier molecular flexibility index (Phi) is 6.06. The second kappa shape index (κ2) is 7.56. The van der Waals surface area contributed by atoms with Gasteiger partial charge in [0.05, 0.1) is 12.0 Å². The summed E-state index contributed by atoms with van der Waals surface area (Å²) in [6.07, 6.45) is 2.19. The second-order valence-corrected chi connectivity index (χ2v) is 4.69. The number of nitrogens with one attached hydrogen (secondary N) is 1. The van der Waals surface area contributed by atoms with E-state index in [4.69, 9.17) is 5.11 Å². The Balaban J connectivity index is 2.82. The Bertz CT molecular complexity index is 417. The van der Waals surface area contributed by atoms with Gasteiger partial charge in [-0.15, -0.1) is 0 Å². The first-order chi connectivity index (χ1) is 9.06. The Morgan fingerprint density at radius 1 is 1.26 bits per heavy atom. The lowest BCUT2D eigenvalue weighted by atomic mass is 9.94. The van der Waals surface area contributed by atoms with Gasteiger partial charge in [-0.3, -0.25) is 9.59 Å². The molecule has 0 saturated heterocycles. The molecule has 0 radical (unpaired) electrons. The standard InChI is InChI=1S/C15H21NO3/c1-3-4-10-13(17)16-14(11(2)15(18)19)12-8-6-5-7-9-12/h5-9,11,14H,3-4,10H2,1-2H3,(H,16,17)(H,18,19). The van der Waals surface area contributed by atoms with Crippen LogP contribution in [0.4, 0.5) is 0 Å². The minimum absolute atomic E-state index is 0.0937. The zero-order valence-electron chi connectivity index (χ0n) is 11.4. The van der Waals surface area contributed by atoms with E-state index in [1.807, 2.05) is 37.3 Å². The minimum Gasteiger partial charge on any atom is -0.481 e. The van der Waals surface area contributed by atoms with Crippen LogP contribution in [0.1, 0.15) is 44.7 Å². The van der Waals surface area contributed by atoms with Crippen molar-refractivity contribution in [3.63, 3.8) is 0 Å². The van der Waals surface area contributed by atoms with Gasteiger partial charge in [0.25, 0.3) is 0 Å². The Labute approximate surface area is 113 Å². The topological polar surface area (TPSA) is 66.4 Å². The van der Waals surface area contributed by atoms with Gasteiger partial charge in [-0.05, 0) is 18.9 Å². The summed E-state index contributed by atoms with van der Waals surface area (Å²) < 4.78 is 0. The summed E-state index contributed by atoms with van der Waals surface area (Å²) in [5.74, 6) is -1.67. The third kappa shape index (κ3) is 4.73. The molecule has 2 unspecified atom stereocenters.